The smallest absolute Gasteiger partial charge is 0.108 e. The van der Waals surface area contributed by atoms with Gasteiger partial charge >= 0.3 is 0 Å². The second-order valence-electron chi connectivity index (χ2n) is 4.50. The lowest BCUT2D eigenvalue weighted by atomic mass is 10.0. The van der Waals surface area contributed by atoms with E-state index in [0.717, 1.165) is 27.6 Å². The molecule has 2 rings (SSSR count). The zero-order chi connectivity index (χ0) is 13.8. The van der Waals surface area contributed by atoms with Gasteiger partial charge in [0.2, 0.25) is 0 Å². The molecule has 0 aliphatic rings. The largest absolute Gasteiger partial charge is 0.338 e. The third-order valence-corrected chi connectivity index (χ3v) is 4.47. The van der Waals surface area contributed by atoms with E-state index in [0.29, 0.717) is 6.04 Å². The molecule has 0 spiro atoms. The Morgan fingerprint density at radius 3 is 2.79 bits per heavy atom. The van der Waals surface area contributed by atoms with Crippen molar-refractivity contribution in [2.24, 2.45) is 7.05 Å². The quantitative estimate of drug-likeness (QED) is 0.845. The van der Waals surface area contributed by atoms with Crippen molar-refractivity contribution in [1.29, 1.82) is 0 Å². The lowest BCUT2D eigenvalue weighted by Crippen LogP contribution is -2.18. The highest BCUT2D eigenvalue weighted by Gasteiger charge is 2.14. The summed E-state index contributed by atoms with van der Waals surface area (Å²) in [7, 11) is 4.03. The van der Waals surface area contributed by atoms with Crippen molar-refractivity contribution in [3.8, 4) is 0 Å². The summed E-state index contributed by atoms with van der Waals surface area (Å²) >= 11 is 7.15. The highest BCUT2D eigenvalue weighted by molar-refractivity contribution is 9.11. The molecular weight excluding hydrogens is 370 g/mol. The summed E-state index contributed by atoms with van der Waals surface area (Å²) in [5.74, 6) is 1.12. The van der Waals surface area contributed by atoms with Crippen LogP contribution in [0.5, 0.6) is 0 Å². The van der Waals surface area contributed by atoms with Crippen molar-refractivity contribution in [1.82, 2.24) is 14.9 Å². The summed E-state index contributed by atoms with van der Waals surface area (Å²) in [6.07, 6.45) is 5.79. The number of aromatic nitrogens is 2. The summed E-state index contributed by atoms with van der Waals surface area (Å²) < 4.78 is 4.31. The number of halogens is 2. The van der Waals surface area contributed by atoms with Crippen molar-refractivity contribution >= 4 is 31.9 Å². The summed E-state index contributed by atoms with van der Waals surface area (Å²) in [4.78, 5) is 4.37. The van der Waals surface area contributed by atoms with Gasteiger partial charge in [-0.05, 0) is 37.2 Å². The molecule has 1 aromatic carbocycles. The first-order valence-electron chi connectivity index (χ1n) is 6.20. The van der Waals surface area contributed by atoms with Crippen LogP contribution >= 0.6 is 31.9 Å². The Morgan fingerprint density at radius 2 is 2.16 bits per heavy atom. The van der Waals surface area contributed by atoms with Gasteiger partial charge in [-0.2, -0.15) is 0 Å². The van der Waals surface area contributed by atoms with E-state index < -0.39 is 0 Å². The van der Waals surface area contributed by atoms with E-state index in [1.807, 2.05) is 32.6 Å². The molecule has 0 aliphatic carbocycles. The second kappa shape index (κ2) is 6.68. The second-order valence-corrected chi connectivity index (χ2v) is 6.27. The fraction of sp³-hybridized carbons (Fsp3) is 0.357. The lowest BCUT2D eigenvalue weighted by Gasteiger charge is -2.18. The number of aryl methyl sites for hydroxylation is 2. The standard InChI is InChI=1S/C14H17Br2N3/c1-17-13(5-6-14-18-7-8-19(14)2)11-9-10(15)3-4-12(11)16/h3-4,7-9,13,17H,5-6H2,1-2H3. The third kappa shape index (κ3) is 3.68. The molecular formula is C14H17Br2N3. The molecule has 0 radical (unpaired) electrons. The van der Waals surface area contributed by atoms with Gasteiger partial charge in [-0.15, -0.1) is 0 Å². The van der Waals surface area contributed by atoms with Crippen molar-refractivity contribution in [3.05, 3.63) is 50.9 Å². The molecule has 1 aromatic heterocycles. The molecule has 0 aliphatic heterocycles. The Kier molecular flexibility index (Phi) is 5.19. The molecule has 1 N–H and O–H groups in total. The molecule has 2 aromatic rings. The Bertz CT molecular complexity index is 551. The van der Waals surface area contributed by atoms with Crippen LogP contribution < -0.4 is 5.32 Å². The molecule has 102 valence electrons. The van der Waals surface area contributed by atoms with E-state index in [1.165, 1.54) is 5.56 Å². The molecule has 1 unspecified atom stereocenters. The Hall–Kier alpha value is -0.650. The third-order valence-electron chi connectivity index (χ3n) is 3.26. The van der Waals surface area contributed by atoms with Gasteiger partial charge in [-0.25, -0.2) is 4.98 Å². The minimum Gasteiger partial charge on any atom is -0.338 e. The molecule has 0 bridgehead atoms. The van der Waals surface area contributed by atoms with Crippen LogP contribution in [0.1, 0.15) is 23.9 Å². The highest BCUT2D eigenvalue weighted by atomic mass is 79.9. The Balaban J connectivity index is 2.12. The summed E-state index contributed by atoms with van der Waals surface area (Å²) in [5, 5.41) is 3.38. The zero-order valence-electron chi connectivity index (χ0n) is 11.0. The number of imidazole rings is 1. The van der Waals surface area contributed by atoms with Crippen molar-refractivity contribution in [2.45, 2.75) is 18.9 Å². The number of benzene rings is 1. The Labute approximate surface area is 130 Å². The summed E-state index contributed by atoms with van der Waals surface area (Å²) in [5.41, 5.74) is 1.27. The van der Waals surface area contributed by atoms with Crippen LogP contribution in [0, 0.1) is 0 Å². The average molecular weight is 387 g/mol. The fourth-order valence-electron chi connectivity index (χ4n) is 2.15. The lowest BCUT2D eigenvalue weighted by molar-refractivity contribution is 0.534. The summed E-state index contributed by atoms with van der Waals surface area (Å²) in [6, 6.07) is 6.58. The molecule has 1 heterocycles. The number of hydrogen-bond acceptors (Lipinski definition) is 2. The van der Waals surface area contributed by atoms with Crippen molar-refractivity contribution < 1.29 is 0 Å². The van der Waals surface area contributed by atoms with E-state index in [1.54, 1.807) is 0 Å². The van der Waals surface area contributed by atoms with Crippen LogP contribution in [0.25, 0.3) is 0 Å². The van der Waals surface area contributed by atoms with Crippen molar-refractivity contribution in [2.75, 3.05) is 7.05 Å². The summed E-state index contributed by atoms with van der Waals surface area (Å²) in [6.45, 7) is 0. The topological polar surface area (TPSA) is 29.9 Å². The van der Waals surface area contributed by atoms with Crippen LogP contribution in [-0.4, -0.2) is 16.6 Å². The van der Waals surface area contributed by atoms with Gasteiger partial charge in [0, 0.05) is 40.8 Å². The first-order chi connectivity index (χ1) is 9.11. The minimum absolute atomic E-state index is 0.309. The predicted octanol–water partition coefficient (Wildman–Crippen LogP) is 3.84. The first-order valence-corrected chi connectivity index (χ1v) is 7.79. The number of nitrogens with zero attached hydrogens (tertiary/aromatic N) is 2. The molecule has 0 saturated carbocycles. The van der Waals surface area contributed by atoms with Gasteiger partial charge < -0.3 is 9.88 Å². The number of rotatable bonds is 5. The van der Waals surface area contributed by atoms with Gasteiger partial charge in [0.1, 0.15) is 5.82 Å². The number of nitrogens with one attached hydrogen (secondary N) is 1. The monoisotopic (exact) mass is 385 g/mol. The van der Waals surface area contributed by atoms with E-state index in [-0.39, 0.29) is 0 Å². The van der Waals surface area contributed by atoms with Gasteiger partial charge in [0.25, 0.3) is 0 Å². The average Bonchev–Trinajstić information content (AvgIpc) is 2.80. The number of hydrogen-bond donors (Lipinski definition) is 1. The predicted molar refractivity (Wildman–Crippen MR) is 85.2 cm³/mol. The van der Waals surface area contributed by atoms with E-state index in [4.69, 9.17) is 0 Å². The molecule has 0 fully saturated rings. The molecule has 0 saturated heterocycles. The normalized spacial score (nSPS) is 12.6. The molecule has 19 heavy (non-hydrogen) atoms. The SMILES string of the molecule is CNC(CCc1nccn1C)c1cc(Br)ccc1Br. The van der Waals surface area contributed by atoms with Crippen LogP contribution in [0.3, 0.4) is 0 Å². The van der Waals surface area contributed by atoms with Crippen molar-refractivity contribution in [3.63, 3.8) is 0 Å². The maximum Gasteiger partial charge on any atom is 0.108 e. The van der Waals surface area contributed by atoms with Crippen LogP contribution in [0.2, 0.25) is 0 Å². The maximum absolute atomic E-state index is 4.37. The van der Waals surface area contributed by atoms with Crippen LogP contribution in [0.4, 0.5) is 0 Å². The van der Waals surface area contributed by atoms with E-state index >= 15 is 0 Å². The van der Waals surface area contributed by atoms with Gasteiger partial charge in [-0.3, -0.25) is 0 Å². The van der Waals surface area contributed by atoms with E-state index in [2.05, 4.69) is 58.9 Å². The zero-order valence-corrected chi connectivity index (χ0v) is 14.2. The van der Waals surface area contributed by atoms with Gasteiger partial charge in [-0.1, -0.05) is 31.9 Å². The molecule has 5 heteroatoms. The molecule has 3 nitrogen and oxygen atoms in total. The molecule has 0 amide bonds. The van der Waals surface area contributed by atoms with Crippen LogP contribution in [0.15, 0.2) is 39.5 Å². The highest BCUT2D eigenvalue weighted by Crippen LogP contribution is 2.29. The van der Waals surface area contributed by atoms with Gasteiger partial charge in [0.15, 0.2) is 0 Å². The van der Waals surface area contributed by atoms with Crippen LogP contribution in [-0.2, 0) is 13.5 Å². The minimum atomic E-state index is 0.309. The van der Waals surface area contributed by atoms with E-state index in [9.17, 15) is 0 Å². The maximum atomic E-state index is 4.37. The first kappa shape index (κ1) is 14.8. The Morgan fingerprint density at radius 1 is 1.37 bits per heavy atom. The molecule has 1 atom stereocenters. The fourth-order valence-corrected chi connectivity index (χ4v) is 3.05. The van der Waals surface area contributed by atoms with Gasteiger partial charge in [0.05, 0.1) is 0 Å².